The Bertz CT molecular complexity index is 1800. The van der Waals surface area contributed by atoms with Gasteiger partial charge in [-0.05, 0) is 68.8 Å². The zero-order valence-corrected chi connectivity index (χ0v) is 24.6. The van der Waals surface area contributed by atoms with Crippen molar-refractivity contribution in [3.63, 3.8) is 0 Å². The molecule has 0 atom stereocenters. The highest BCUT2D eigenvalue weighted by Gasteiger charge is 2.27. The van der Waals surface area contributed by atoms with Gasteiger partial charge in [0.2, 0.25) is 0 Å². The first-order valence-corrected chi connectivity index (χ1v) is 14.1. The number of amides is 1. The molecule has 0 saturated heterocycles. The van der Waals surface area contributed by atoms with Crippen molar-refractivity contribution in [1.82, 2.24) is 4.98 Å². The van der Waals surface area contributed by atoms with Crippen LogP contribution >= 0.6 is 11.3 Å². The largest absolute Gasteiger partial charge is 0.497 e. The average molecular weight is 585 g/mol. The predicted molar refractivity (Wildman–Crippen MR) is 163 cm³/mol. The number of esters is 1. The number of methoxy groups -OCH3 is 2. The molecular weight excluding hydrogens is 555 g/mol. The molecule has 0 saturated carbocycles. The average Bonchev–Trinajstić information content (AvgIpc) is 3.31. The number of carbonyl (C=O) groups is 2. The van der Waals surface area contributed by atoms with E-state index in [1.165, 1.54) is 23.5 Å². The van der Waals surface area contributed by atoms with Crippen LogP contribution < -0.4 is 14.8 Å². The lowest BCUT2D eigenvalue weighted by Gasteiger charge is -2.14. The summed E-state index contributed by atoms with van der Waals surface area (Å²) in [6.07, 6.45) is -0.383. The van der Waals surface area contributed by atoms with E-state index in [9.17, 15) is 14.0 Å². The number of halogens is 1. The van der Waals surface area contributed by atoms with E-state index in [2.05, 4.69) is 5.32 Å². The molecule has 42 heavy (non-hydrogen) atoms. The van der Waals surface area contributed by atoms with Crippen LogP contribution in [0.5, 0.6) is 11.5 Å². The normalized spacial score (nSPS) is 11.0. The van der Waals surface area contributed by atoms with Gasteiger partial charge in [0.05, 0.1) is 37.1 Å². The molecule has 5 rings (SSSR count). The summed E-state index contributed by atoms with van der Waals surface area (Å²) in [5.74, 6) is -0.212. The quantitative estimate of drug-likeness (QED) is 0.187. The summed E-state index contributed by atoms with van der Waals surface area (Å²) in [5, 5.41) is 3.94. The number of fused-ring (bicyclic) bond motifs is 1. The first-order valence-electron chi connectivity index (χ1n) is 13.2. The third-order valence-corrected chi connectivity index (χ3v) is 7.66. The number of nitrogens with zero attached hydrogens (tertiary/aromatic N) is 1. The van der Waals surface area contributed by atoms with E-state index >= 15 is 0 Å². The van der Waals surface area contributed by atoms with E-state index < -0.39 is 11.9 Å². The van der Waals surface area contributed by atoms with E-state index in [1.807, 2.05) is 31.2 Å². The number of aryl methyl sites for hydroxylation is 1. The highest BCUT2D eigenvalue weighted by Crippen LogP contribution is 2.41. The van der Waals surface area contributed by atoms with Gasteiger partial charge in [-0.15, -0.1) is 11.3 Å². The van der Waals surface area contributed by atoms with Crippen molar-refractivity contribution in [2.24, 2.45) is 0 Å². The maximum atomic E-state index is 14.0. The van der Waals surface area contributed by atoms with Gasteiger partial charge in [0.15, 0.2) is 0 Å². The van der Waals surface area contributed by atoms with Crippen LogP contribution in [0.1, 0.15) is 39.4 Å². The number of carbonyl (C=O) groups excluding carboxylic acids is 2. The number of pyridine rings is 1. The molecule has 0 radical (unpaired) electrons. The minimum atomic E-state index is -0.578. The van der Waals surface area contributed by atoms with Crippen LogP contribution in [0.2, 0.25) is 0 Å². The lowest BCUT2D eigenvalue weighted by atomic mass is 10.0. The van der Waals surface area contributed by atoms with Gasteiger partial charge < -0.3 is 19.5 Å². The first kappa shape index (κ1) is 28.8. The van der Waals surface area contributed by atoms with Gasteiger partial charge in [-0.1, -0.05) is 30.3 Å². The molecule has 0 aliphatic rings. The molecule has 2 aromatic heterocycles. The fourth-order valence-corrected chi connectivity index (χ4v) is 5.81. The summed E-state index contributed by atoms with van der Waals surface area (Å²) in [6, 6.07) is 20.3. The molecule has 5 aromatic rings. The number of aromatic nitrogens is 1. The highest BCUT2D eigenvalue weighted by molar-refractivity contribution is 7.17. The summed E-state index contributed by atoms with van der Waals surface area (Å²) in [4.78, 5) is 32.9. The number of nitrogens with one attached hydrogen (secondary N) is 1. The third kappa shape index (κ3) is 5.69. The fourth-order valence-electron chi connectivity index (χ4n) is 4.75. The summed E-state index contributed by atoms with van der Waals surface area (Å²) in [5.41, 5.74) is 3.59. The molecular formula is C33H29FN2O5S. The Kier molecular flexibility index (Phi) is 8.22. The Morgan fingerprint density at radius 3 is 2.38 bits per heavy atom. The monoisotopic (exact) mass is 584 g/mol. The standard InChI is InChI=1S/C33H29FN2O5S/c1-18(2)41-33(38)30-29(20-10-12-21(34)13-11-20)19(3)42-32(30)36-31(37)24-17-27(35-26-9-7-6-8-23(24)26)25-16-22(39-4)14-15-28(25)40-5/h6-18H,1-5H3,(H,36,37). The van der Waals surface area contributed by atoms with Crippen molar-refractivity contribution in [3.05, 3.63) is 94.6 Å². The molecule has 0 fully saturated rings. The van der Waals surface area contributed by atoms with Crippen LogP contribution in [0.3, 0.4) is 0 Å². The zero-order valence-electron chi connectivity index (χ0n) is 23.8. The molecule has 3 aromatic carbocycles. The Morgan fingerprint density at radius 1 is 0.952 bits per heavy atom. The number of para-hydroxylation sites is 1. The van der Waals surface area contributed by atoms with Crippen LogP contribution in [-0.4, -0.2) is 37.2 Å². The number of thiophene rings is 1. The fraction of sp³-hybridized carbons (Fsp3) is 0.182. The van der Waals surface area contributed by atoms with E-state index in [-0.39, 0.29) is 17.5 Å². The second-order valence-electron chi connectivity index (χ2n) is 9.79. The van der Waals surface area contributed by atoms with Crippen molar-refractivity contribution >= 4 is 39.1 Å². The van der Waals surface area contributed by atoms with Crippen molar-refractivity contribution in [1.29, 1.82) is 0 Å². The Balaban J connectivity index is 1.64. The first-order chi connectivity index (χ1) is 20.2. The molecule has 9 heteroatoms. The van der Waals surface area contributed by atoms with Gasteiger partial charge in [-0.3, -0.25) is 4.79 Å². The number of anilines is 1. The number of ether oxygens (including phenoxy) is 3. The van der Waals surface area contributed by atoms with Crippen LogP contribution in [-0.2, 0) is 4.74 Å². The molecule has 0 aliphatic heterocycles. The van der Waals surface area contributed by atoms with Crippen LogP contribution in [0.4, 0.5) is 9.39 Å². The lowest BCUT2D eigenvalue weighted by Crippen LogP contribution is -2.17. The number of hydrogen-bond donors (Lipinski definition) is 1. The molecule has 2 heterocycles. The van der Waals surface area contributed by atoms with Gasteiger partial charge >= 0.3 is 5.97 Å². The van der Waals surface area contributed by atoms with Gasteiger partial charge in [0.25, 0.3) is 5.91 Å². The van der Waals surface area contributed by atoms with Crippen LogP contribution in [0, 0.1) is 12.7 Å². The molecule has 0 spiro atoms. The minimum absolute atomic E-state index is 0.221. The van der Waals surface area contributed by atoms with Gasteiger partial charge in [-0.2, -0.15) is 0 Å². The second-order valence-corrected chi connectivity index (χ2v) is 11.0. The lowest BCUT2D eigenvalue weighted by molar-refractivity contribution is 0.0380. The van der Waals surface area contributed by atoms with E-state index in [1.54, 1.807) is 64.5 Å². The second kappa shape index (κ2) is 12.0. The molecule has 1 amide bonds. The zero-order chi connectivity index (χ0) is 30.0. The van der Waals surface area contributed by atoms with Gasteiger partial charge in [0.1, 0.15) is 27.9 Å². The van der Waals surface area contributed by atoms with Crippen molar-refractivity contribution in [2.75, 3.05) is 19.5 Å². The predicted octanol–water partition coefficient (Wildman–Crippen LogP) is 7.91. The summed E-state index contributed by atoms with van der Waals surface area (Å²) in [7, 11) is 3.14. The minimum Gasteiger partial charge on any atom is -0.497 e. The van der Waals surface area contributed by atoms with Crippen LogP contribution in [0.15, 0.2) is 72.8 Å². The Morgan fingerprint density at radius 2 is 1.69 bits per heavy atom. The summed E-state index contributed by atoms with van der Waals surface area (Å²) < 4.78 is 30.3. The topological polar surface area (TPSA) is 86.8 Å². The molecule has 0 aliphatic carbocycles. The number of hydrogen-bond acceptors (Lipinski definition) is 7. The summed E-state index contributed by atoms with van der Waals surface area (Å²) in [6.45, 7) is 5.36. The van der Waals surface area contributed by atoms with Crippen molar-refractivity contribution in [2.45, 2.75) is 26.9 Å². The van der Waals surface area contributed by atoms with Crippen molar-refractivity contribution in [3.8, 4) is 33.9 Å². The van der Waals surface area contributed by atoms with E-state index in [0.717, 1.165) is 4.88 Å². The Hall–Kier alpha value is -4.76. The molecule has 214 valence electrons. The van der Waals surface area contributed by atoms with E-state index in [0.29, 0.717) is 55.4 Å². The highest BCUT2D eigenvalue weighted by atomic mass is 32.1. The van der Waals surface area contributed by atoms with E-state index in [4.69, 9.17) is 19.2 Å². The number of rotatable bonds is 8. The maximum absolute atomic E-state index is 14.0. The van der Waals surface area contributed by atoms with Gasteiger partial charge in [0, 0.05) is 21.4 Å². The molecule has 1 N–H and O–H groups in total. The Labute approximate surface area is 246 Å². The van der Waals surface area contributed by atoms with Gasteiger partial charge in [-0.25, -0.2) is 14.2 Å². The third-order valence-electron chi connectivity index (χ3n) is 6.63. The van der Waals surface area contributed by atoms with Crippen LogP contribution in [0.25, 0.3) is 33.3 Å². The molecule has 7 nitrogen and oxygen atoms in total. The summed E-state index contributed by atoms with van der Waals surface area (Å²) >= 11 is 1.26. The SMILES string of the molecule is COc1ccc(OC)c(-c2cc(C(=O)Nc3sc(C)c(-c4ccc(F)cc4)c3C(=O)OC(C)C)c3ccccc3n2)c1. The molecule has 0 bridgehead atoms. The maximum Gasteiger partial charge on any atom is 0.342 e. The number of benzene rings is 3. The smallest absolute Gasteiger partial charge is 0.342 e. The molecule has 0 unspecified atom stereocenters. The van der Waals surface area contributed by atoms with Crippen molar-refractivity contribution < 1.29 is 28.2 Å².